The van der Waals surface area contributed by atoms with Gasteiger partial charge in [0, 0.05) is 69.3 Å². The molecule has 7 aromatic carbocycles. The van der Waals surface area contributed by atoms with E-state index in [4.69, 9.17) is 0 Å². The highest BCUT2D eigenvalue weighted by molar-refractivity contribution is 6.03. The second-order valence-corrected chi connectivity index (χ2v) is 23.1. The predicted octanol–water partition coefficient (Wildman–Crippen LogP) is 17.9. The highest BCUT2D eigenvalue weighted by Gasteiger charge is 2.45. The molecule has 0 spiro atoms. The van der Waals surface area contributed by atoms with Gasteiger partial charge in [-0.1, -0.05) is 222 Å². The summed E-state index contributed by atoms with van der Waals surface area (Å²) in [5, 5.41) is 0. The third-order valence-corrected chi connectivity index (χ3v) is 18.6. The zero-order valence-electron chi connectivity index (χ0n) is 55.7. The second kappa shape index (κ2) is 32.6. The maximum atomic E-state index is 12.5. The van der Waals surface area contributed by atoms with E-state index in [2.05, 4.69) is 150 Å². The lowest BCUT2D eigenvalue weighted by molar-refractivity contribution is -0.120. The van der Waals surface area contributed by atoms with Gasteiger partial charge in [0.15, 0.2) is 0 Å². The molecule has 1 aliphatic carbocycles. The number of carbonyl (C=O) groups is 4. The Hall–Kier alpha value is -7.78. The normalized spacial score (nSPS) is 18.8. The van der Waals surface area contributed by atoms with E-state index in [1.165, 1.54) is 115 Å². The van der Waals surface area contributed by atoms with Crippen molar-refractivity contribution >= 4 is 46.4 Å². The number of hydrogen-bond donors (Lipinski definition) is 0. The second-order valence-electron chi connectivity index (χ2n) is 23.1. The Labute approximate surface area is 534 Å². The van der Waals surface area contributed by atoms with Crippen LogP contribution in [0.3, 0.4) is 0 Å². The zero-order valence-corrected chi connectivity index (χ0v) is 55.7. The van der Waals surface area contributed by atoms with Gasteiger partial charge in [-0.15, -0.1) is 0 Å². The summed E-state index contributed by atoms with van der Waals surface area (Å²) in [6.45, 7) is 23.6. The number of benzene rings is 7. The summed E-state index contributed by atoms with van der Waals surface area (Å²) in [6, 6.07) is 54.1. The quantitative estimate of drug-likeness (QED) is 0.151. The first-order valence-corrected chi connectivity index (χ1v) is 34.4. The van der Waals surface area contributed by atoms with Crippen LogP contribution in [0.5, 0.6) is 0 Å². The lowest BCUT2D eigenvalue weighted by atomic mass is 9.82. The van der Waals surface area contributed by atoms with Gasteiger partial charge in [0.05, 0.1) is 29.5 Å². The van der Waals surface area contributed by atoms with Crippen LogP contribution in [-0.2, 0) is 78.8 Å². The molecule has 0 N–H and O–H groups in total. The number of fused-ring (bicyclic) bond motifs is 9. The molecule has 0 radical (unpaired) electrons. The maximum Gasteiger partial charge on any atom is 0.255 e. The Morgan fingerprint density at radius 2 is 0.843 bits per heavy atom. The van der Waals surface area contributed by atoms with Gasteiger partial charge in [-0.3, -0.25) is 19.2 Å². The van der Waals surface area contributed by atoms with Crippen molar-refractivity contribution in [3.05, 3.63) is 224 Å². The lowest BCUT2D eigenvalue weighted by Crippen LogP contribution is -2.42. The summed E-state index contributed by atoms with van der Waals surface area (Å²) >= 11 is 0. The molecule has 17 rings (SSSR count). The minimum atomic E-state index is 0.192. The van der Waals surface area contributed by atoms with Crippen molar-refractivity contribution in [2.45, 2.75) is 203 Å². The van der Waals surface area contributed by atoms with Crippen molar-refractivity contribution in [1.82, 2.24) is 4.90 Å². The molecule has 10 aliphatic rings. The number of amides is 4. The lowest BCUT2D eigenvalue weighted by Gasteiger charge is -2.34. The molecule has 9 nitrogen and oxygen atoms in total. The summed E-state index contributed by atoms with van der Waals surface area (Å²) in [5.41, 5.74) is 22.5. The Morgan fingerprint density at radius 3 is 1.55 bits per heavy atom. The third-order valence-electron chi connectivity index (χ3n) is 18.6. The van der Waals surface area contributed by atoms with Crippen molar-refractivity contribution < 1.29 is 19.2 Å². The van der Waals surface area contributed by atoms with Gasteiger partial charge < -0.3 is 24.5 Å². The van der Waals surface area contributed by atoms with Gasteiger partial charge in [-0.2, -0.15) is 0 Å². The average Bonchev–Trinajstić information content (AvgIpc) is 1.80. The molecule has 0 bridgehead atoms. The molecule has 89 heavy (non-hydrogen) atoms. The van der Waals surface area contributed by atoms with E-state index in [1.807, 2.05) is 102 Å². The van der Waals surface area contributed by atoms with E-state index in [1.54, 1.807) is 0 Å². The molecule has 4 amide bonds. The SMILES string of the molecule is CC.CC.CC.CC.CC.CN1Cc2ccccc2CCc2ccccc21.O=C1CCc2cccc3c2N1C1CCCCC31.O=C1CCc2cccc3c2N1CC3.O=C1Cc2cccc3c2N1CCC3.O=C1c2ccccc2C2CCc3ccccc3CN12. The van der Waals surface area contributed by atoms with Gasteiger partial charge in [0.2, 0.25) is 17.7 Å². The van der Waals surface area contributed by atoms with Crippen LogP contribution in [0.2, 0.25) is 0 Å². The Morgan fingerprint density at radius 1 is 0.360 bits per heavy atom. The van der Waals surface area contributed by atoms with Crippen LogP contribution in [0.15, 0.2) is 152 Å². The minimum Gasteiger partial charge on any atom is -0.370 e. The largest absolute Gasteiger partial charge is 0.370 e. The van der Waals surface area contributed by atoms with E-state index in [0.29, 0.717) is 43.0 Å². The van der Waals surface area contributed by atoms with Gasteiger partial charge in [-0.25, -0.2) is 0 Å². The first kappa shape index (κ1) is 67.2. The fourth-order valence-electron chi connectivity index (χ4n) is 14.8. The minimum absolute atomic E-state index is 0.192. The Kier molecular flexibility index (Phi) is 24.6. The molecule has 3 atom stereocenters. The molecule has 0 aromatic heterocycles. The number of anilines is 4. The molecule has 9 heteroatoms. The number of rotatable bonds is 0. The Bertz CT molecular complexity index is 3500. The molecule has 1 fully saturated rings. The number of hydrogen-bond acceptors (Lipinski definition) is 5. The molecular weight excluding hydrogens is 1090 g/mol. The van der Waals surface area contributed by atoms with E-state index in [-0.39, 0.29) is 17.9 Å². The molecular formula is C80H101N5O4. The summed E-state index contributed by atoms with van der Waals surface area (Å²) in [6.07, 6.45) is 16.6. The predicted molar refractivity (Wildman–Crippen MR) is 372 cm³/mol. The smallest absolute Gasteiger partial charge is 0.255 e. The van der Waals surface area contributed by atoms with Crippen molar-refractivity contribution in [3.8, 4) is 0 Å². The highest BCUT2D eigenvalue weighted by atomic mass is 16.2. The van der Waals surface area contributed by atoms with Crippen LogP contribution >= 0.6 is 0 Å². The number of para-hydroxylation sites is 4. The highest BCUT2D eigenvalue weighted by Crippen LogP contribution is 2.51. The standard InChI is InChI=1S/C17H15NO.C16H17N.C15H17NO.2C11H11NO.5C2H6/c19-17-15-8-4-3-7-14(15)16-10-9-12-5-1-2-6-13(12)11-18(16)17;1-17-12-15-8-3-2-6-13(15)10-11-14-7-4-5-9-16(14)17;17-14-9-8-10-4-3-6-12-11-5-1-2-7-13(11)16(14)15(10)12;13-10-7-9-4-1-3-8-5-2-6-12(10)11(8)9;13-10-5-4-8-2-1-3-9-6-7-12(10)11(8)9;5*1-2/h1-8,16H,9-11H2;2-9H,10-12H2,1H3;3-4,6,11,13H,1-2,5,7-9H2;1,3-4H,2,5-7H2;1-3H,4-7H2;5*1-2H3. The van der Waals surface area contributed by atoms with Crippen molar-refractivity contribution in [2.24, 2.45) is 0 Å². The topological polar surface area (TPSA) is 84.5 Å². The third kappa shape index (κ3) is 14.5. The van der Waals surface area contributed by atoms with Crippen LogP contribution in [0, 0.1) is 0 Å². The molecule has 7 aromatic rings. The molecule has 3 unspecified atom stereocenters. The number of carbonyl (C=O) groups excluding carboxylic acids is 4. The molecule has 1 saturated carbocycles. The fraction of sp³-hybridized carbons (Fsp3) is 0.425. The molecule has 470 valence electrons. The summed E-state index contributed by atoms with van der Waals surface area (Å²) in [5.74, 6) is 1.76. The summed E-state index contributed by atoms with van der Waals surface area (Å²) in [4.78, 5) is 58.3. The van der Waals surface area contributed by atoms with E-state index in [9.17, 15) is 19.2 Å². The number of aryl methyl sites for hydroxylation is 6. The monoisotopic (exact) mass is 1200 g/mol. The van der Waals surface area contributed by atoms with Gasteiger partial charge in [0.25, 0.3) is 5.91 Å². The van der Waals surface area contributed by atoms with E-state index < -0.39 is 0 Å². The van der Waals surface area contributed by atoms with Gasteiger partial charge in [-0.05, 0) is 150 Å². The summed E-state index contributed by atoms with van der Waals surface area (Å²) < 4.78 is 0. The average molecular weight is 1200 g/mol. The van der Waals surface area contributed by atoms with Crippen LogP contribution in [0.4, 0.5) is 22.7 Å². The van der Waals surface area contributed by atoms with Crippen LogP contribution in [-0.4, -0.2) is 54.7 Å². The first-order chi connectivity index (χ1) is 43.8. The Balaban J connectivity index is 0.000000140. The van der Waals surface area contributed by atoms with E-state index >= 15 is 0 Å². The van der Waals surface area contributed by atoms with Gasteiger partial charge in [0.1, 0.15) is 0 Å². The number of nitrogens with zero attached hydrogens (tertiary/aromatic N) is 5. The first-order valence-electron chi connectivity index (χ1n) is 34.4. The van der Waals surface area contributed by atoms with Crippen LogP contribution in [0.1, 0.15) is 210 Å². The fourth-order valence-corrected chi connectivity index (χ4v) is 14.8. The molecule has 9 heterocycles. The van der Waals surface area contributed by atoms with Crippen molar-refractivity contribution in [2.75, 3.05) is 39.7 Å². The maximum absolute atomic E-state index is 12.5. The van der Waals surface area contributed by atoms with Gasteiger partial charge >= 0.3 is 0 Å². The zero-order chi connectivity index (χ0) is 63.6. The summed E-state index contributed by atoms with van der Waals surface area (Å²) in [7, 11) is 2.18. The molecule has 0 saturated heterocycles. The van der Waals surface area contributed by atoms with Crippen LogP contribution < -0.4 is 19.6 Å². The van der Waals surface area contributed by atoms with Crippen LogP contribution in [0.25, 0.3) is 0 Å². The van der Waals surface area contributed by atoms with E-state index in [0.717, 1.165) is 89.5 Å². The van der Waals surface area contributed by atoms with Crippen molar-refractivity contribution in [3.63, 3.8) is 0 Å². The van der Waals surface area contributed by atoms with Crippen molar-refractivity contribution in [1.29, 1.82) is 0 Å². The molecule has 9 aliphatic heterocycles.